The highest BCUT2D eigenvalue weighted by atomic mass is 32.2. The average molecular weight is 401 g/mol. The summed E-state index contributed by atoms with van der Waals surface area (Å²) in [5, 5.41) is 2.18. The zero-order valence-corrected chi connectivity index (χ0v) is 17.1. The van der Waals surface area contributed by atoms with Crippen LogP contribution in [0.2, 0.25) is 0 Å². The van der Waals surface area contributed by atoms with E-state index >= 15 is 0 Å². The van der Waals surface area contributed by atoms with Crippen LogP contribution in [0.4, 0.5) is 0 Å². The second-order valence-corrected chi connectivity index (χ2v) is 8.58. The molecular formula is C21H23NO5S. The number of amides is 2. The Morgan fingerprint density at radius 3 is 2.18 bits per heavy atom. The molecule has 28 heavy (non-hydrogen) atoms. The van der Waals surface area contributed by atoms with E-state index in [-0.39, 0.29) is 11.0 Å². The number of nitrogens with one attached hydrogen (secondary N) is 1. The molecular weight excluding hydrogens is 378 g/mol. The van der Waals surface area contributed by atoms with Crippen molar-refractivity contribution < 1.29 is 23.3 Å². The molecule has 2 amide bonds. The van der Waals surface area contributed by atoms with Crippen molar-refractivity contribution in [3.05, 3.63) is 65.2 Å². The highest BCUT2D eigenvalue weighted by molar-refractivity contribution is 7.84. The highest BCUT2D eigenvalue weighted by Crippen LogP contribution is 2.22. The van der Waals surface area contributed by atoms with Crippen molar-refractivity contribution in [3.63, 3.8) is 0 Å². The van der Waals surface area contributed by atoms with Gasteiger partial charge in [0.1, 0.15) is 0 Å². The molecule has 0 aliphatic heterocycles. The van der Waals surface area contributed by atoms with Crippen LogP contribution in [0.3, 0.4) is 0 Å². The molecule has 0 aromatic heterocycles. The second-order valence-electron chi connectivity index (χ2n) is 7.23. The summed E-state index contributed by atoms with van der Waals surface area (Å²) in [7, 11) is -1.37. The van der Waals surface area contributed by atoms with Crippen molar-refractivity contribution in [2.24, 2.45) is 0 Å². The van der Waals surface area contributed by atoms with Crippen LogP contribution in [-0.4, -0.2) is 34.9 Å². The Morgan fingerprint density at radius 1 is 1.00 bits per heavy atom. The van der Waals surface area contributed by atoms with E-state index in [1.165, 1.54) is 12.3 Å². The molecule has 1 atom stereocenters. The van der Waals surface area contributed by atoms with Gasteiger partial charge >= 0.3 is 5.97 Å². The molecule has 7 heteroatoms. The molecule has 2 rings (SSSR count). The Morgan fingerprint density at radius 2 is 1.61 bits per heavy atom. The van der Waals surface area contributed by atoms with Gasteiger partial charge in [0.25, 0.3) is 11.8 Å². The number of rotatable bonds is 5. The summed E-state index contributed by atoms with van der Waals surface area (Å²) in [5.74, 6) is -2.09. The number of carbonyl (C=O) groups excluding carboxylic acids is 3. The van der Waals surface area contributed by atoms with E-state index in [9.17, 15) is 18.6 Å². The lowest BCUT2D eigenvalue weighted by molar-refractivity contribution is -0.123. The Labute approximate surface area is 166 Å². The lowest BCUT2D eigenvalue weighted by atomic mass is 9.87. The molecule has 0 fully saturated rings. The van der Waals surface area contributed by atoms with Gasteiger partial charge in [-0.1, -0.05) is 45.0 Å². The first kappa shape index (κ1) is 21.5. The molecule has 148 valence electrons. The minimum absolute atomic E-state index is 0.0442. The SMILES string of the molecule is C[S@](=O)c1ccccc1C(=O)OCC(=O)NC(=O)c1ccc(C(C)(C)C)cc1. The lowest BCUT2D eigenvalue weighted by Crippen LogP contribution is -2.34. The molecule has 1 N–H and O–H groups in total. The average Bonchev–Trinajstić information content (AvgIpc) is 2.65. The molecule has 0 aliphatic rings. The molecule has 2 aromatic rings. The van der Waals surface area contributed by atoms with Crippen molar-refractivity contribution in [2.45, 2.75) is 31.1 Å². The number of imide groups is 1. The third-order valence-electron chi connectivity index (χ3n) is 4.02. The summed E-state index contributed by atoms with van der Waals surface area (Å²) in [6.07, 6.45) is 1.45. The van der Waals surface area contributed by atoms with E-state index in [1.54, 1.807) is 30.3 Å². The zero-order chi connectivity index (χ0) is 20.9. The van der Waals surface area contributed by atoms with Gasteiger partial charge in [-0.25, -0.2) is 4.79 Å². The standard InChI is InChI=1S/C21H23NO5S/c1-21(2,3)15-11-9-14(10-12-15)19(24)22-18(23)13-27-20(25)16-7-5-6-8-17(16)28(4)26/h5-12H,13H2,1-4H3,(H,22,23,24)/t28-/m0/s1. The Kier molecular flexibility index (Phi) is 6.85. The van der Waals surface area contributed by atoms with Crippen LogP contribution in [0.5, 0.6) is 0 Å². The van der Waals surface area contributed by atoms with Crippen molar-refractivity contribution >= 4 is 28.6 Å². The highest BCUT2D eigenvalue weighted by Gasteiger charge is 2.18. The maximum Gasteiger partial charge on any atom is 0.339 e. The predicted octanol–water partition coefficient (Wildman–Crippen LogP) is 2.83. The van der Waals surface area contributed by atoms with E-state index in [4.69, 9.17) is 4.74 Å². The minimum atomic E-state index is -1.37. The van der Waals surface area contributed by atoms with Gasteiger partial charge in [0.15, 0.2) is 6.61 Å². The largest absolute Gasteiger partial charge is 0.452 e. The van der Waals surface area contributed by atoms with Crippen LogP contribution in [0.1, 0.15) is 47.1 Å². The first-order valence-corrected chi connectivity index (χ1v) is 10.2. The van der Waals surface area contributed by atoms with Crippen molar-refractivity contribution in [1.82, 2.24) is 5.32 Å². The third-order valence-corrected chi connectivity index (χ3v) is 4.99. The van der Waals surface area contributed by atoms with Crippen LogP contribution in [0.25, 0.3) is 0 Å². The molecule has 0 radical (unpaired) electrons. The number of esters is 1. The molecule has 0 bridgehead atoms. The molecule has 2 aromatic carbocycles. The number of benzene rings is 2. The molecule has 0 unspecified atom stereocenters. The molecule has 0 saturated carbocycles. The Hall–Kier alpha value is -2.80. The lowest BCUT2D eigenvalue weighted by Gasteiger charge is -2.19. The van der Waals surface area contributed by atoms with Gasteiger partial charge in [0.05, 0.1) is 21.3 Å². The summed E-state index contributed by atoms with van der Waals surface area (Å²) >= 11 is 0. The summed E-state index contributed by atoms with van der Waals surface area (Å²) in [4.78, 5) is 36.6. The van der Waals surface area contributed by atoms with E-state index in [2.05, 4.69) is 26.1 Å². The maximum absolute atomic E-state index is 12.2. The molecule has 0 saturated heterocycles. The predicted molar refractivity (Wildman–Crippen MR) is 107 cm³/mol. The monoisotopic (exact) mass is 401 g/mol. The van der Waals surface area contributed by atoms with Gasteiger partial charge in [-0.15, -0.1) is 0 Å². The molecule has 0 spiro atoms. The van der Waals surface area contributed by atoms with Crippen molar-refractivity contribution in [1.29, 1.82) is 0 Å². The number of carbonyl (C=O) groups is 3. The van der Waals surface area contributed by atoms with Gasteiger partial charge < -0.3 is 4.74 Å². The van der Waals surface area contributed by atoms with Crippen LogP contribution >= 0.6 is 0 Å². The second kappa shape index (κ2) is 8.93. The first-order chi connectivity index (χ1) is 13.1. The van der Waals surface area contributed by atoms with Gasteiger partial charge in [-0.3, -0.25) is 19.1 Å². The van der Waals surface area contributed by atoms with Gasteiger partial charge in [-0.2, -0.15) is 0 Å². The topological polar surface area (TPSA) is 89.5 Å². The van der Waals surface area contributed by atoms with Crippen LogP contribution in [0, 0.1) is 0 Å². The van der Waals surface area contributed by atoms with Gasteiger partial charge in [0, 0.05) is 11.8 Å². The van der Waals surface area contributed by atoms with E-state index in [0.29, 0.717) is 10.5 Å². The fourth-order valence-electron chi connectivity index (χ4n) is 2.45. The fraction of sp³-hybridized carbons (Fsp3) is 0.286. The summed E-state index contributed by atoms with van der Waals surface area (Å²) in [6, 6.07) is 13.2. The van der Waals surface area contributed by atoms with Crippen molar-refractivity contribution in [3.8, 4) is 0 Å². The first-order valence-electron chi connectivity index (χ1n) is 8.64. The minimum Gasteiger partial charge on any atom is -0.452 e. The smallest absolute Gasteiger partial charge is 0.339 e. The quantitative estimate of drug-likeness (QED) is 0.778. The molecule has 6 nitrogen and oxygen atoms in total. The Balaban J connectivity index is 1.94. The molecule has 0 aliphatic carbocycles. The number of hydrogen-bond acceptors (Lipinski definition) is 5. The summed E-state index contributed by atoms with van der Waals surface area (Å²) in [5.41, 5.74) is 1.48. The number of hydrogen-bond donors (Lipinski definition) is 1. The third kappa shape index (κ3) is 5.60. The van der Waals surface area contributed by atoms with Crippen LogP contribution in [-0.2, 0) is 25.7 Å². The van der Waals surface area contributed by atoms with E-state index < -0.39 is 35.2 Å². The van der Waals surface area contributed by atoms with Crippen LogP contribution in [0.15, 0.2) is 53.4 Å². The normalized spacial score (nSPS) is 12.1. The van der Waals surface area contributed by atoms with Gasteiger partial charge in [-0.05, 0) is 35.2 Å². The Bertz CT molecular complexity index is 913. The summed E-state index contributed by atoms with van der Waals surface area (Å²) in [6.45, 7) is 5.57. The molecule has 0 heterocycles. The van der Waals surface area contributed by atoms with Gasteiger partial charge in [0.2, 0.25) is 0 Å². The zero-order valence-electron chi connectivity index (χ0n) is 16.3. The van der Waals surface area contributed by atoms with Crippen molar-refractivity contribution in [2.75, 3.05) is 12.9 Å². The van der Waals surface area contributed by atoms with Crippen LogP contribution < -0.4 is 5.32 Å². The van der Waals surface area contributed by atoms with E-state index in [0.717, 1.165) is 5.56 Å². The fourth-order valence-corrected chi connectivity index (χ4v) is 3.18. The number of ether oxygens (including phenoxy) is 1. The summed E-state index contributed by atoms with van der Waals surface area (Å²) < 4.78 is 16.6. The van der Waals surface area contributed by atoms with E-state index in [1.807, 2.05) is 12.1 Å². The maximum atomic E-state index is 12.2.